The number of carboxylic acids is 1. The van der Waals surface area contributed by atoms with Crippen LogP contribution in [-0.4, -0.2) is 90.2 Å². The first-order chi connectivity index (χ1) is 27.0. The summed E-state index contributed by atoms with van der Waals surface area (Å²) in [5.41, 5.74) is 2.02. The third-order valence-corrected chi connectivity index (χ3v) is 12.0. The van der Waals surface area contributed by atoms with Gasteiger partial charge in [0.1, 0.15) is 0 Å². The fourth-order valence-corrected chi connectivity index (χ4v) is 8.52. The number of benzene rings is 4. The van der Waals surface area contributed by atoms with Crippen molar-refractivity contribution in [2.45, 2.75) is 38.1 Å². The lowest BCUT2D eigenvalue weighted by atomic mass is 10.0. The molecule has 2 saturated heterocycles. The van der Waals surface area contributed by atoms with Crippen LogP contribution in [0.5, 0.6) is 11.5 Å². The maximum Gasteiger partial charge on any atom is 0.361 e. The molecule has 1 atom stereocenters. The molecule has 2 N–H and O–H groups in total. The fourth-order valence-electron chi connectivity index (χ4n) is 6.68. The van der Waals surface area contributed by atoms with E-state index in [0.29, 0.717) is 31.7 Å². The van der Waals surface area contributed by atoms with Crippen LogP contribution in [0.15, 0.2) is 97.1 Å². The number of hydrogen-bond donors (Lipinski definition) is 2. The summed E-state index contributed by atoms with van der Waals surface area (Å²) in [5, 5.41) is 12.9. The van der Waals surface area contributed by atoms with Crippen LogP contribution in [-0.2, 0) is 31.6 Å². The Morgan fingerprint density at radius 2 is 1.41 bits per heavy atom. The predicted molar refractivity (Wildman–Crippen MR) is 207 cm³/mol. The second-order valence-electron chi connectivity index (χ2n) is 13.1. The minimum Gasteiger partial charge on any atom is -0.493 e. The number of nitrogens with one attached hydrogen (secondary N) is 1. The number of halogens is 1. The molecule has 5 amide bonds. The summed E-state index contributed by atoms with van der Waals surface area (Å²) >= 11 is 6.48. The lowest BCUT2D eigenvalue weighted by molar-refractivity contribution is -0.139. The van der Waals surface area contributed by atoms with Crippen LogP contribution >= 0.6 is 19.2 Å². The molecule has 1 unspecified atom stereocenters. The number of piperidine rings is 1. The third-order valence-electron chi connectivity index (χ3n) is 9.74. The Morgan fingerprint density at radius 1 is 0.821 bits per heavy atom. The van der Waals surface area contributed by atoms with Crippen LogP contribution in [0.3, 0.4) is 0 Å². The monoisotopic (exact) mass is 804 g/mol. The van der Waals surface area contributed by atoms with Gasteiger partial charge < -0.3 is 38.7 Å². The van der Waals surface area contributed by atoms with Crippen LogP contribution in [0, 0.1) is 0 Å². The summed E-state index contributed by atoms with van der Waals surface area (Å²) in [6, 6.07) is 24.2. The first kappa shape index (κ1) is 40.3. The molecule has 0 radical (unpaired) electrons. The number of hydrogen-bond acceptors (Lipinski definition) is 9. The zero-order chi connectivity index (χ0) is 39.8. The summed E-state index contributed by atoms with van der Waals surface area (Å²) in [6.07, 6.45) is 0.936. The van der Waals surface area contributed by atoms with E-state index < -0.39 is 31.7 Å². The lowest BCUT2D eigenvalue weighted by Crippen LogP contribution is -2.50. The summed E-state index contributed by atoms with van der Waals surface area (Å²) in [7, 11) is -1.00. The van der Waals surface area contributed by atoms with Gasteiger partial charge in [-0.05, 0) is 53.8 Å². The van der Waals surface area contributed by atoms with Gasteiger partial charge in [0.05, 0.1) is 43.3 Å². The van der Waals surface area contributed by atoms with Gasteiger partial charge in [0, 0.05) is 32.2 Å². The maximum absolute atomic E-state index is 14.2. The van der Waals surface area contributed by atoms with Crippen molar-refractivity contribution in [2.24, 2.45) is 0 Å². The van der Waals surface area contributed by atoms with Crippen LogP contribution in [0.1, 0.15) is 45.9 Å². The standard InChI is InChI=1S/C40H42ClN4O10P/c1-52-33-18-17-32(34(41)36(33)53-2)37(46)43-21-19-30(20-22-43)44-23-24-45(40(44)50)39(49)42-35(38(47)48)29-13-15-31(16-14-29)56(51,54-25-27-9-5-3-6-10-27)55-26-28-11-7-4-8-12-28/h3-18,30,35H,19-26H2,1-2H3,(H,42,49)(H,47,48). The first-order valence-corrected chi connectivity index (χ1v) is 19.8. The molecular formula is C40H42ClN4O10P. The van der Waals surface area contributed by atoms with Gasteiger partial charge in [-0.1, -0.05) is 84.4 Å². The van der Waals surface area contributed by atoms with Gasteiger partial charge in [-0.3, -0.25) is 9.36 Å². The highest BCUT2D eigenvalue weighted by Crippen LogP contribution is 2.49. The van der Waals surface area contributed by atoms with Gasteiger partial charge in [-0.2, -0.15) is 0 Å². The molecule has 4 aromatic carbocycles. The molecule has 0 saturated carbocycles. The number of urea groups is 2. The van der Waals surface area contributed by atoms with E-state index in [4.69, 9.17) is 30.1 Å². The average molecular weight is 805 g/mol. The smallest absolute Gasteiger partial charge is 0.361 e. The molecule has 0 spiro atoms. The Labute approximate surface area is 329 Å². The number of methoxy groups -OCH3 is 2. The Balaban J connectivity index is 1.08. The molecule has 0 bridgehead atoms. The number of ether oxygens (including phenoxy) is 2. The number of aliphatic carboxylic acids is 1. The number of imide groups is 1. The maximum atomic E-state index is 14.2. The van der Waals surface area contributed by atoms with Crippen molar-refractivity contribution in [1.82, 2.24) is 20.0 Å². The zero-order valence-electron chi connectivity index (χ0n) is 30.8. The molecule has 2 fully saturated rings. The van der Waals surface area contributed by atoms with Gasteiger partial charge in [-0.25, -0.2) is 19.3 Å². The average Bonchev–Trinajstić information content (AvgIpc) is 3.62. The van der Waals surface area contributed by atoms with Crippen molar-refractivity contribution in [3.63, 3.8) is 0 Å². The van der Waals surface area contributed by atoms with Crippen molar-refractivity contribution in [2.75, 3.05) is 40.4 Å². The van der Waals surface area contributed by atoms with E-state index in [-0.39, 0.29) is 65.5 Å². The summed E-state index contributed by atoms with van der Waals surface area (Å²) in [6.45, 7) is 1.02. The molecule has 16 heteroatoms. The fraction of sp³-hybridized carbons (Fsp3) is 0.300. The molecule has 2 heterocycles. The molecule has 14 nitrogen and oxygen atoms in total. The van der Waals surface area contributed by atoms with Gasteiger partial charge in [-0.15, -0.1) is 0 Å². The van der Waals surface area contributed by atoms with Crippen LogP contribution in [0.2, 0.25) is 5.02 Å². The summed E-state index contributed by atoms with van der Waals surface area (Å²) in [5.74, 6) is -0.973. The quantitative estimate of drug-likeness (QED) is 0.135. The molecular weight excluding hydrogens is 763 g/mol. The van der Waals surface area contributed by atoms with Crippen molar-refractivity contribution in [3.05, 3.63) is 124 Å². The van der Waals surface area contributed by atoms with Crippen molar-refractivity contribution in [3.8, 4) is 11.5 Å². The van der Waals surface area contributed by atoms with E-state index in [0.717, 1.165) is 16.0 Å². The minimum atomic E-state index is -3.91. The number of nitrogens with zero attached hydrogens (tertiary/aromatic N) is 3. The van der Waals surface area contributed by atoms with Crippen LogP contribution in [0.4, 0.5) is 9.59 Å². The highest BCUT2D eigenvalue weighted by Gasteiger charge is 2.40. The number of amides is 5. The third kappa shape index (κ3) is 9.00. The highest BCUT2D eigenvalue weighted by atomic mass is 35.5. The zero-order valence-corrected chi connectivity index (χ0v) is 32.5. The van der Waals surface area contributed by atoms with E-state index in [2.05, 4.69) is 5.32 Å². The second kappa shape index (κ2) is 18.0. The Morgan fingerprint density at radius 3 is 1.95 bits per heavy atom. The molecule has 56 heavy (non-hydrogen) atoms. The number of rotatable bonds is 14. The second-order valence-corrected chi connectivity index (χ2v) is 15.5. The number of carbonyl (C=O) groups is 4. The van der Waals surface area contributed by atoms with Gasteiger partial charge >= 0.3 is 25.6 Å². The van der Waals surface area contributed by atoms with Crippen LogP contribution < -0.4 is 20.1 Å². The molecule has 0 aromatic heterocycles. The largest absolute Gasteiger partial charge is 0.493 e. The van der Waals surface area contributed by atoms with E-state index in [1.807, 2.05) is 60.7 Å². The Kier molecular flexibility index (Phi) is 13.0. The van der Waals surface area contributed by atoms with Gasteiger partial charge in [0.2, 0.25) is 0 Å². The number of likely N-dealkylation sites (tertiary alicyclic amines) is 1. The molecule has 4 aromatic rings. The SMILES string of the molecule is COc1ccc(C(=O)N2CCC(N3CCN(C(=O)NC(C(=O)O)c4ccc(P(=O)(OCc5ccccc5)OCc5ccccc5)cc4)C3=O)CC2)c(Cl)c1OC. The van der Waals surface area contributed by atoms with E-state index >= 15 is 0 Å². The van der Waals surface area contributed by atoms with E-state index in [1.165, 1.54) is 38.5 Å². The summed E-state index contributed by atoms with van der Waals surface area (Å²) in [4.78, 5) is 56.9. The van der Waals surface area contributed by atoms with Gasteiger partial charge in [0.15, 0.2) is 17.5 Å². The normalized spacial score (nSPS) is 15.4. The summed E-state index contributed by atoms with van der Waals surface area (Å²) < 4.78 is 36.6. The van der Waals surface area contributed by atoms with E-state index in [1.54, 1.807) is 21.9 Å². The van der Waals surface area contributed by atoms with Crippen molar-refractivity contribution < 1.29 is 47.4 Å². The Bertz CT molecular complexity index is 2030. The molecule has 2 aliphatic rings. The Hall–Kier alpha value is -5.40. The number of carboxylic acid groups (broad SMARTS) is 1. The van der Waals surface area contributed by atoms with Crippen LogP contribution in [0.25, 0.3) is 0 Å². The lowest BCUT2D eigenvalue weighted by Gasteiger charge is -2.36. The minimum absolute atomic E-state index is 0.00873. The topological polar surface area (TPSA) is 164 Å². The van der Waals surface area contributed by atoms with Crippen molar-refractivity contribution in [1.29, 1.82) is 0 Å². The number of carbonyl (C=O) groups excluding carboxylic acids is 3. The first-order valence-electron chi connectivity index (χ1n) is 17.9. The van der Waals surface area contributed by atoms with E-state index in [9.17, 15) is 28.8 Å². The highest BCUT2D eigenvalue weighted by molar-refractivity contribution is 7.62. The van der Waals surface area contributed by atoms with Gasteiger partial charge in [0.25, 0.3) is 5.91 Å². The molecule has 294 valence electrons. The van der Waals surface area contributed by atoms with Crippen molar-refractivity contribution >= 4 is 48.4 Å². The predicted octanol–water partition coefficient (Wildman–Crippen LogP) is 6.49. The molecule has 0 aliphatic carbocycles. The molecule has 2 aliphatic heterocycles. The molecule has 6 rings (SSSR count).